The Balaban J connectivity index is 1.83. The summed E-state index contributed by atoms with van der Waals surface area (Å²) in [4.78, 5) is 25.0. The van der Waals surface area contributed by atoms with Crippen molar-refractivity contribution in [3.63, 3.8) is 0 Å². The Kier molecular flexibility index (Phi) is 5.76. The van der Waals surface area contributed by atoms with Gasteiger partial charge in [0.1, 0.15) is 5.76 Å². The summed E-state index contributed by atoms with van der Waals surface area (Å²) in [6.07, 6.45) is 0.264. The maximum Gasteiger partial charge on any atom is 0.225 e. The normalized spacial score (nSPS) is 10.4. The van der Waals surface area contributed by atoms with Gasteiger partial charge in [-0.15, -0.1) is 0 Å². The molecule has 1 N–H and O–H groups in total. The second kappa shape index (κ2) is 7.78. The molecule has 1 heterocycles. The number of nitrogens with one attached hydrogen (secondary N) is 1. The minimum atomic E-state index is -0.162. The molecule has 2 aromatic rings. The Labute approximate surface area is 139 Å². The van der Waals surface area contributed by atoms with Crippen LogP contribution in [0.4, 0.5) is 5.82 Å². The van der Waals surface area contributed by atoms with E-state index in [1.165, 1.54) is 11.8 Å². The summed E-state index contributed by atoms with van der Waals surface area (Å²) in [5, 5.41) is 7.23. The summed E-state index contributed by atoms with van der Waals surface area (Å²) >= 11 is 5.80. The highest BCUT2D eigenvalue weighted by atomic mass is 35.5. The van der Waals surface area contributed by atoms with Gasteiger partial charge in [-0.2, -0.15) is 0 Å². The second-order valence-corrected chi connectivity index (χ2v) is 5.56. The second-order valence-electron chi connectivity index (χ2n) is 5.12. The van der Waals surface area contributed by atoms with E-state index in [1.54, 1.807) is 25.1 Å². The van der Waals surface area contributed by atoms with E-state index in [0.29, 0.717) is 29.7 Å². The molecule has 0 aliphatic rings. The minimum absolute atomic E-state index is 0.118. The summed E-state index contributed by atoms with van der Waals surface area (Å²) in [7, 11) is 0. The standard InChI is InChI=1S/C16H18ClN3O3/c1-11-9-15(19-23-11)20(12(2)21)8-7-18-16(22)10-13-3-5-14(17)6-4-13/h3-6,9H,7-8,10H2,1-2H3,(H,18,22). The molecule has 2 amide bonds. The summed E-state index contributed by atoms with van der Waals surface area (Å²) in [6.45, 7) is 3.85. The summed E-state index contributed by atoms with van der Waals surface area (Å²) in [6, 6.07) is 8.78. The highest BCUT2D eigenvalue weighted by molar-refractivity contribution is 6.30. The monoisotopic (exact) mass is 335 g/mol. The molecule has 1 aromatic carbocycles. The van der Waals surface area contributed by atoms with Crippen molar-refractivity contribution < 1.29 is 14.1 Å². The van der Waals surface area contributed by atoms with Crippen molar-refractivity contribution in [1.29, 1.82) is 0 Å². The maximum atomic E-state index is 11.9. The zero-order valence-electron chi connectivity index (χ0n) is 13.0. The fourth-order valence-electron chi connectivity index (χ4n) is 2.07. The quantitative estimate of drug-likeness (QED) is 0.879. The first-order chi connectivity index (χ1) is 11.0. The van der Waals surface area contributed by atoms with E-state index in [1.807, 2.05) is 12.1 Å². The van der Waals surface area contributed by atoms with Crippen molar-refractivity contribution in [2.45, 2.75) is 20.3 Å². The van der Waals surface area contributed by atoms with Crippen LogP contribution in [0, 0.1) is 6.92 Å². The molecule has 122 valence electrons. The molecule has 0 spiro atoms. The molecule has 7 heteroatoms. The minimum Gasteiger partial charge on any atom is -0.360 e. The van der Waals surface area contributed by atoms with Crippen LogP contribution in [0.5, 0.6) is 0 Å². The lowest BCUT2D eigenvalue weighted by atomic mass is 10.1. The number of carbonyl (C=O) groups is 2. The predicted molar refractivity (Wildman–Crippen MR) is 87.4 cm³/mol. The Morgan fingerprint density at radius 3 is 2.57 bits per heavy atom. The predicted octanol–water partition coefficient (Wildman–Crippen LogP) is 2.35. The lowest BCUT2D eigenvalue weighted by molar-refractivity contribution is -0.121. The van der Waals surface area contributed by atoms with Gasteiger partial charge < -0.3 is 9.84 Å². The van der Waals surface area contributed by atoms with Crippen molar-refractivity contribution in [1.82, 2.24) is 10.5 Å². The van der Waals surface area contributed by atoms with Gasteiger partial charge in [0, 0.05) is 31.1 Å². The molecule has 2 rings (SSSR count). The van der Waals surface area contributed by atoms with Crippen molar-refractivity contribution in [3.8, 4) is 0 Å². The molecule has 1 aromatic heterocycles. The SMILES string of the molecule is CC(=O)N(CCNC(=O)Cc1ccc(Cl)cc1)c1cc(C)on1. The molecule has 0 atom stereocenters. The number of anilines is 1. The van der Waals surface area contributed by atoms with Crippen molar-refractivity contribution in [3.05, 3.63) is 46.7 Å². The Morgan fingerprint density at radius 1 is 1.30 bits per heavy atom. The van der Waals surface area contributed by atoms with Gasteiger partial charge in [-0.3, -0.25) is 14.5 Å². The average Bonchev–Trinajstić information content (AvgIpc) is 2.92. The molecule has 0 saturated heterocycles. The fraction of sp³-hybridized carbons (Fsp3) is 0.312. The molecule has 0 fully saturated rings. The van der Waals surface area contributed by atoms with E-state index in [4.69, 9.17) is 16.1 Å². The number of aryl methyl sites for hydroxylation is 1. The molecular weight excluding hydrogens is 318 g/mol. The highest BCUT2D eigenvalue weighted by Crippen LogP contribution is 2.13. The Bertz CT molecular complexity index is 682. The van der Waals surface area contributed by atoms with Crippen LogP contribution in [-0.4, -0.2) is 30.1 Å². The largest absolute Gasteiger partial charge is 0.360 e. The molecule has 0 aliphatic heterocycles. The van der Waals surface area contributed by atoms with E-state index < -0.39 is 0 Å². The van der Waals surface area contributed by atoms with Crippen LogP contribution in [0.3, 0.4) is 0 Å². The number of amides is 2. The van der Waals surface area contributed by atoms with Crippen LogP contribution in [0.2, 0.25) is 5.02 Å². The van der Waals surface area contributed by atoms with Crippen LogP contribution < -0.4 is 10.2 Å². The van der Waals surface area contributed by atoms with Crippen LogP contribution >= 0.6 is 11.6 Å². The smallest absolute Gasteiger partial charge is 0.225 e. The first-order valence-electron chi connectivity index (χ1n) is 7.18. The number of aromatic nitrogens is 1. The first-order valence-corrected chi connectivity index (χ1v) is 7.56. The number of halogens is 1. The van der Waals surface area contributed by atoms with Crippen LogP contribution in [0.15, 0.2) is 34.9 Å². The van der Waals surface area contributed by atoms with Crippen molar-refractivity contribution >= 4 is 29.2 Å². The number of carbonyl (C=O) groups excluding carboxylic acids is 2. The van der Waals surface area contributed by atoms with Gasteiger partial charge in [0.05, 0.1) is 6.42 Å². The van der Waals surface area contributed by atoms with Gasteiger partial charge in [0.15, 0.2) is 5.82 Å². The van der Waals surface area contributed by atoms with Crippen molar-refractivity contribution in [2.24, 2.45) is 0 Å². The third kappa shape index (κ3) is 5.10. The number of rotatable bonds is 6. The van der Waals surface area contributed by atoms with E-state index in [0.717, 1.165) is 5.56 Å². The fourth-order valence-corrected chi connectivity index (χ4v) is 2.20. The molecule has 0 bridgehead atoms. The zero-order valence-corrected chi connectivity index (χ0v) is 13.8. The van der Waals surface area contributed by atoms with Gasteiger partial charge in [0.25, 0.3) is 0 Å². The van der Waals surface area contributed by atoms with E-state index in [-0.39, 0.29) is 18.2 Å². The molecule has 0 unspecified atom stereocenters. The van der Waals surface area contributed by atoms with Gasteiger partial charge in [-0.25, -0.2) is 0 Å². The molecule has 6 nitrogen and oxygen atoms in total. The Morgan fingerprint density at radius 2 is 2.00 bits per heavy atom. The third-order valence-electron chi connectivity index (χ3n) is 3.21. The molecular formula is C16H18ClN3O3. The van der Waals surface area contributed by atoms with Gasteiger partial charge in [-0.1, -0.05) is 28.9 Å². The topological polar surface area (TPSA) is 75.4 Å². The summed E-state index contributed by atoms with van der Waals surface area (Å²) in [5.74, 6) is 0.789. The van der Waals surface area contributed by atoms with E-state index >= 15 is 0 Å². The summed E-state index contributed by atoms with van der Waals surface area (Å²) < 4.78 is 4.97. The third-order valence-corrected chi connectivity index (χ3v) is 3.46. The zero-order chi connectivity index (χ0) is 16.8. The molecule has 0 radical (unpaired) electrons. The van der Waals surface area contributed by atoms with Gasteiger partial charge >= 0.3 is 0 Å². The van der Waals surface area contributed by atoms with Crippen LogP contribution in [-0.2, 0) is 16.0 Å². The number of nitrogens with zero attached hydrogens (tertiary/aromatic N) is 2. The number of benzene rings is 1. The molecule has 0 aliphatic carbocycles. The maximum absolute atomic E-state index is 11.9. The first kappa shape index (κ1) is 17.0. The van der Waals surface area contributed by atoms with Crippen molar-refractivity contribution in [2.75, 3.05) is 18.0 Å². The lowest BCUT2D eigenvalue weighted by Crippen LogP contribution is -2.38. The van der Waals surface area contributed by atoms with Crippen LogP contribution in [0.25, 0.3) is 0 Å². The lowest BCUT2D eigenvalue weighted by Gasteiger charge is -2.17. The Hall–Kier alpha value is -2.34. The summed E-state index contributed by atoms with van der Waals surface area (Å²) in [5.41, 5.74) is 0.877. The molecule has 0 saturated carbocycles. The highest BCUT2D eigenvalue weighted by Gasteiger charge is 2.15. The number of hydrogen-bond acceptors (Lipinski definition) is 4. The van der Waals surface area contributed by atoms with Gasteiger partial charge in [0.2, 0.25) is 11.8 Å². The van der Waals surface area contributed by atoms with Crippen LogP contribution in [0.1, 0.15) is 18.2 Å². The van der Waals surface area contributed by atoms with Gasteiger partial charge in [-0.05, 0) is 24.6 Å². The number of hydrogen-bond donors (Lipinski definition) is 1. The van der Waals surface area contributed by atoms with E-state index in [9.17, 15) is 9.59 Å². The molecule has 23 heavy (non-hydrogen) atoms. The average molecular weight is 336 g/mol. The van der Waals surface area contributed by atoms with E-state index in [2.05, 4.69) is 10.5 Å².